The number of ether oxygens (including phenoxy) is 1. The summed E-state index contributed by atoms with van der Waals surface area (Å²) in [5.74, 6) is 3.24. The summed E-state index contributed by atoms with van der Waals surface area (Å²) < 4.78 is 5.29. The monoisotopic (exact) mass is 236 g/mol. The summed E-state index contributed by atoms with van der Waals surface area (Å²) >= 11 is 0. The van der Waals surface area contributed by atoms with E-state index >= 15 is 0 Å². The molecule has 0 aliphatic carbocycles. The smallest absolute Gasteiger partial charge is 0.204 e. The fourth-order valence-electron chi connectivity index (χ4n) is 2.32. The van der Waals surface area contributed by atoms with Crippen LogP contribution in [0, 0.1) is 11.8 Å². The van der Waals surface area contributed by atoms with Crippen LogP contribution >= 0.6 is 0 Å². The summed E-state index contributed by atoms with van der Waals surface area (Å²) in [5.41, 5.74) is 5.79. The van der Waals surface area contributed by atoms with Gasteiger partial charge in [0.15, 0.2) is 11.6 Å². The van der Waals surface area contributed by atoms with Gasteiger partial charge in [-0.1, -0.05) is 13.8 Å². The summed E-state index contributed by atoms with van der Waals surface area (Å²) in [4.78, 5) is 10.5. The lowest BCUT2D eigenvalue weighted by Crippen LogP contribution is -2.23. The second-order valence-corrected chi connectivity index (χ2v) is 4.85. The number of methoxy groups -OCH3 is 1. The molecular formula is C12H20N4O. The Morgan fingerprint density at radius 2 is 2.24 bits per heavy atom. The maximum atomic E-state index is 5.79. The predicted octanol–water partition coefficient (Wildman–Crippen LogP) is 1.55. The van der Waals surface area contributed by atoms with Crippen molar-refractivity contribution >= 4 is 11.6 Å². The van der Waals surface area contributed by atoms with Crippen LogP contribution in [0.25, 0.3) is 0 Å². The van der Waals surface area contributed by atoms with Crippen molar-refractivity contribution < 1.29 is 4.74 Å². The molecule has 2 heterocycles. The van der Waals surface area contributed by atoms with Crippen LogP contribution in [-0.4, -0.2) is 30.2 Å². The molecular weight excluding hydrogens is 216 g/mol. The Labute approximate surface area is 102 Å². The highest BCUT2D eigenvalue weighted by molar-refractivity contribution is 5.63. The Morgan fingerprint density at radius 1 is 1.47 bits per heavy atom. The molecule has 1 fully saturated rings. The molecule has 0 amide bonds. The van der Waals surface area contributed by atoms with Crippen molar-refractivity contribution in [2.75, 3.05) is 30.8 Å². The highest BCUT2D eigenvalue weighted by Crippen LogP contribution is 2.34. The van der Waals surface area contributed by atoms with E-state index in [1.807, 2.05) is 0 Å². The van der Waals surface area contributed by atoms with E-state index in [9.17, 15) is 0 Å². The van der Waals surface area contributed by atoms with Gasteiger partial charge in [0.1, 0.15) is 6.33 Å². The number of hydrogen-bond donors (Lipinski definition) is 1. The van der Waals surface area contributed by atoms with E-state index in [4.69, 9.17) is 10.5 Å². The van der Waals surface area contributed by atoms with Gasteiger partial charge in [-0.05, 0) is 18.3 Å². The summed E-state index contributed by atoms with van der Waals surface area (Å²) in [6.07, 6.45) is 2.70. The van der Waals surface area contributed by atoms with E-state index in [1.165, 1.54) is 12.7 Å². The number of nitrogen functional groups attached to an aromatic ring is 1. The van der Waals surface area contributed by atoms with Gasteiger partial charge >= 0.3 is 0 Å². The second-order valence-electron chi connectivity index (χ2n) is 4.85. The van der Waals surface area contributed by atoms with Crippen LogP contribution < -0.4 is 15.4 Å². The van der Waals surface area contributed by atoms with E-state index in [2.05, 4.69) is 28.7 Å². The Kier molecular flexibility index (Phi) is 3.36. The van der Waals surface area contributed by atoms with Gasteiger partial charge in [0.05, 0.1) is 7.11 Å². The van der Waals surface area contributed by atoms with Crippen LogP contribution in [0.1, 0.15) is 20.3 Å². The highest BCUT2D eigenvalue weighted by Gasteiger charge is 2.28. The first-order valence-electron chi connectivity index (χ1n) is 6.03. The summed E-state index contributed by atoms with van der Waals surface area (Å²) in [6, 6.07) is 0. The third kappa shape index (κ3) is 2.28. The maximum Gasteiger partial charge on any atom is 0.204 e. The number of hydrogen-bond acceptors (Lipinski definition) is 5. The van der Waals surface area contributed by atoms with Gasteiger partial charge in [-0.25, -0.2) is 9.97 Å². The number of aromatic nitrogens is 2. The zero-order valence-electron chi connectivity index (χ0n) is 10.7. The van der Waals surface area contributed by atoms with Gasteiger partial charge < -0.3 is 15.4 Å². The first kappa shape index (κ1) is 12.0. The zero-order chi connectivity index (χ0) is 12.4. The molecule has 1 saturated heterocycles. The Hall–Kier alpha value is -1.52. The summed E-state index contributed by atoms with van der Waals surface area (Å²) in [6.45, 7) is 6.56. The number of rotatable bonds is 3. The van der Waals surface area contributed by atoms with E-state index in [0.29, 0.717) is 17.5 Å². The zero-order valence-corrected chi connectivity index (χ0v) is 10.7. The van der Waals surface area contributed by atoms with Crippen molar-refractivity contribution in [1.82, 2.24) is 9.97 Å². The minimum Gasteiger partial charge on any atom is -0.490 e. The van der Waals surface area contributed by atoms with Gasteiger partial charge in [0.2, 0.25) is 5.75 Å². The van der Waals surface area contributed by atoms with Crippen LogP contribution in [0.5, 0.6) is 5.75 Å². The Morgan fingerprint density at radius 3 is 2.82 bits per heavy atom. The Bertz CT molecular complexity index is 394. The van der Waals surface area contributed by atoms with Crippen LogP contribution in [0.4, 0.5) is 11.6 Å². The lowest BCUT2D eigenvalue weighted by Gasteiger charge is -2.21. The highest BCUT2D eigenvalue weighted by atomic mass is 16.5. The van der Waals surface area contributed by atoms with Gasteiger partial charge in [-0.15, -0.1) is 0 Å². The van der Waals surface area contributed by atoms with Gasteiger partial charge in [-0.3, -0.25) is 0 Å². The molecule has 1 aliphatic heterocycles. The predicted molar refractivity (Wildman–Crippen MR) is 68.2 cm³/mol. The first-order chi connectivity index (χ1) is 8.13. The average Bonchev–Trinajstić information content (AvgIpc) is 2.77. The van der Waals surface area contributed by atoms with Crippen LogP contribution in [0.15, 0.2) is 6.33 Å². The summed E-state index contributed by atoms with van der Waals surface area (Å²) in [5, 5.41) is 0. The third-order valence-electron chi connectivity index (χ3n) is 3.48. The van der Waals surface area contributed by atoms with Crippen molar-refractivity contribution in [3.63, 3.8) is 0 Å². The van der Waals surface area contributed by atoms with Gasteiger partial charge in [-0.2, -0.15) is 0 Å². The van der Waals surface area contributed by atoms with Crippen molar-refractivity contribution in [3.8, 4) is 5.75 Å². The number of nitrogens with two attached hydrogens (primary N) is 1. The molecule has 0 aromatic carbocycles. The second kappa shape index (κ2) is 4.77. The SMILES string of the molecule is COc1c(N)ncnc1N1CCC(C(C)C)C1. The molecule has 94 valence electrons. The molecule has 2 N–H and O–H groups in total. The van der Waals surface area contributed by atoms with Gasteiger partial charge in [0.25, 0.3) is 0 Å². The molecule has 2 rings (SSSR count). The minimum absolute atomic E-state index is 0.408. The normalized spacial score (nSPS) is 20.0. The lowest BCUT2D eigenvalue weighted by atomic mass is 9.95. The minimum atomic E-state index is 0.408. The topological polar surface area (TPSA) is 64.3 Å². The van der Waals surface area contributed by atoms with E-state index < -0.39 is 0 Å². The molecule has 1 atom stereocenters. The van der Waals surface area contributed by atoms with E-state index in [-0.39, 0.29) is 0 Å². The number of nitrogens with zero attached hydrogens (tertiary/aromatic N) is 3. The molecule has 1 aromatic rings. The van der Waals surface area contributed by atoms with Crippen LogP contribution in [-0.2, 0) is 0 Å². The van der Waals surface area contributed by atoms with Gasteiger partial charge in [0, 0.05) is 13.1 Å². The van der Waals surface area contributed by atoms with E-state index in [0.717, 1.165) is 24.8 Å². The standard InChI is InChI=1S/C12H20N4O/c1-8(2)9-4-5-16(6-9)12-10(17-3)11(13)14-7-15-12/h7-9H,4-6H2,1-3H3,(H2,13,14,15). The molecule has 1 unspecified atom stereocenters. The third-order valence-corrected chi connectivity index (χ3v) is 3.48. The van der Waals surface area contributed by atoms with E-state index in [1.54, 1.807) is 7.11 Å². The largest absolute Gasteiger partial charge is 0.490 e. The van der Waals surface area contributed by atoms with Crippen molar-refractivity contribution in [3.05, 3.63) is 6.33 Å². The molecule has 0 radical (unpaired) electrons. The number of anilines is 2. The maximum absolute atomic E-state index is 5.79. The average molecular weight is 236 g/mol. The van der Waals surface area contributed by atoms with Crippen molar-refractivity contribution in [2.24, 2.45) is 11.8 Å². The Balaban J connectivity index is 2.21. The quantitative estimate of drug-likeness (QED) is 0.862. The van der Waals surface area contributed by atoms with Crippen LogP contribution in [0.3, 0.4) is 0 Å². The molecule has 1 aliphatic rings. The van der Waals surface area contributed by atoms with Crippen molar-refractivity contribution in [1.29, 1.82) is 0 Å². The fourth-order valence-corrected chi connectivity index (χ4v) is 2.32. The molecule has 0 bridgehead atoms. The van der Waals surface area contributed by atoms with Crippen LogP contribution in [0.2, 0.25) is 0 Å². The molecule has 17 heavy (non-hydrogen) atoms. The molecule has 0 spiro atoms. The molecule has 5 heteroatoms. The first-order valence-corrected chi connectivity index (χ1v) is 6.03. The molecule has 5 nitrogen and oxygen atoms in total. The lowest BCUT2D eigenvalue weighted by molar-refractivity contribution is 0.410. The van der Waals surface area contributed by atoms with Crippen molar-refractivity contribution in [2.45, 2.75) is 20.3 Å². The summed E-state index contributed by atoms with van der Waals surface area (Å²) in [7, 11) is 1.61. The molecule has 1 aromatic heterocycles. The molecule has 0 saturated carbocycles. The fraction of sp³-hybridized carbons (Fsp3) is 0.667.